The molecular formula is C12H17N2O3+. The molecule has 1 aromatic rings. The van der Waals surface area contributed by atoms with Crippen molar-refractivity contribution in [1.82, 2.24) is 4.90 Å². The molecule has 0 unspecified atom stereocenters. The molecule has 0 fully saturated rings. The van der Waals surface area contributed by atoms with E-state index in [1.165, 1.54) is 4.90 Å². The zero-order chi connectivity index (χ0) is 12.7. The second kappa shape index (κ2) is 6.67. The number of carbonyl (C=O) groups is 1. The molecule has 0 aliphatic rings. The lowest BCUT2D eigenvalue weighted by Gasteiger charge is -2.14. The quantitative estimate of drug-likeness (QED) is 0.456. The van der Waals surface area contributed by atoms with Crippen LogP contribution < -0.4 is 5.48 Å². The topological polar surface area (TPSA) is 66.4 Å². The van der Waals surface area contributed by atoms with Crippen molar-refractivity contribution in [2.45, 2.75) is 6.61 Å². The minimum Gasteiger partial charge on any atom is -0.445 e. The molecule has 0 saturated carbocycles. The maximum atomic E-state index is 11.4. The molecule has 0 aliphatic heterocycles. The Morgan fingerprint density at radius 3 is 2.71 bits per heavy atom. The number of amides is 1. The Hall–Kier alpha value is -1.85. The highest BCUT2D eigenvalue weighted by atomic mass is 16.6. The SMILES string of the molecule is C=CCN(C)C(=O)OCc1ccc([NH2+]O)cc1. The fourth-order valence-electron chi connectivity index (χ4n) is 1.22. The van der Waals surface area contributed by atoms with Crippen LogP contribution in [0, 0.1) is 0 Å². The molecule has 0 radical (unpaired) electrons. The van der Waals surface area contributed by atoms with E-state index in [9.17, 15) is 4.79 Å². The maximum Gasteiger partial charge on any atom is 0.410 e. The number of quaternary nitrogens is 1. The summed E-state index contributed by atoms with van der Waals surface area (Å²) in [5.74, 6) is 0. The molecule has 0 aromatic heterocycles. The monoisotopic (exact) mass is 237 g/mol. The molecule has 17 heavy (non-hydrogen) atoms. The largest absolute Gasteiger partial charge is 0.445 e. The average Bonchev–Trinajstić information content (AvgIpc) is 2.36. The third kappa shape index (κ3) is 4.26. The van der Waals surface area contributed by atoms with Crippen LogP contribution in [0.4, 0.5) is 10.5 Å². The fourth-order valence-corrected chi connectivity index (χ4v) is 1.22. The van der Waals surface area contributed by atoms with E-state index >= 15 is 0 Å². The summed E-state index contributed by atoms with van der Waals surface area (Å²) in [5, 5.41) is 8.75. The highest BCUT2D eigenvalue weighted by molar-refractivity contribution is 5.67. The van der Waals surface area contributed by atoms with E-state index in [1.54, 1.807) is 37.4 Å². The molecular weight excluding hydrogens is 220 g/mol. The molecule has 0 aliphatic carbocycles. The number of rotatable bonds is 5. The summed E-state index contributed by atoms with van der Waals surface area (Å²) in [6, 6.07) is 7.08. The van der Waals surface area contributed by atoms with E-state index in [1.807, 2.05) is 0 Å². The standard InChI is InChI=1S/C12H16N2O3/c1-3-8-14(2)12(15)17-9-10-4-6-11(13-16)7-5-10/h3-7,13,16H,1,8-9H2,2H3/p+1. The van der Waals surface area contributed by atoms with Crippen molar-refractivity contribution in [1.29, 1.82) is 0 Å². The van der Waals surface area contributed by atoms with E-state index < -0.39 is 0 Å². The summed E-state index contributed by atoms with van der Waals surface area (Å²) in [6.45, 7) is 4.21. The van der Waals surface area contributed by atoms with Gasteiger partial charge in [0.05, 0.1) is 0 Å². The first-order chi connectivity index (χ1) is 8.17. The van der Waals surface area contributed by atoms with Gasteiger partial charge in [-0.2, -0.15) is 5.48 Å². The maximum absolute atomic E-state index is 11.4. The average molecular weight is 237 g/mol. The van der Waals surface area contributed by atoms with Crippen LogP contribution in [0.25, 0.3) is 0 Å². The molecule has 1 rings (SSSR count). The van der Waals surface area contributed by atoms with Gasteiger partial charge >= 0.3 is 6.09 Å². The second-order valence-corrected chi connectivity index (χ2v) is 3.59. The first-order valence-electron chi connectivity index (χ1n) is 5.22. The lowest BCUT2D eigenvalue weighted by Crippen LogP contribution is -2.73. The van der Waals surface area contributed by atoms with Gasteiger partial charge in [-0.05, 0) is 17.7 Å². The lowest BCUT2D eigenvalue weighted by molar-refractivity contribution is -0.825. The molecule has 92 valence electrons. The third-order valence-corrected chi connectivity index (χ3v) is 2.21. The number of likely N-dealkylation sites (N-methyl/N-ethyl adjacent to an activating group) is 1. The van der Waals surface area contributed by atoms with Crippen molar-refractivity contribution >= 4 is 11.8 Å². The van der Waals surface area contributed by atoms with E-state index in [4.69, 9.17) is 9.94 Å². The van der Waals surface area contributed by atoms with Crippen molar-refractivity contribution in [3.05, 3.63) is 42.5 Å². The Morgan fingerprint density at radius 1 is 1.53 bits per heavy atom. The zero-order valence-electron chi connectivity index (χ0n) is 9.80. The minimum absolute atomic E-state index is 0.214. The first-order valence-corrected chi connectivity index (χ1v) is 5.22. The van der Waals surface area contributed by atoms with E-state index in [0.717, 1.165) is 11.0 Å². The van der Waals surface area contributed by atoms with Crippen LogP contribution in [0.2, 0.25) is 0 Å². The Bertz CT molecular complexity index is 376. The highest BCUT2D eigenvalue weighted by Crippen LogP contribution is 2.06. The van der Waals surface area contributed by atoms with Gasteiger partial charge in [-0.1, -0.05) is 6.08 Å². The predicted molar refractivity (Wildman–Crippen MR) is 62.8 cm³/mol. The first kappa shape index (κ1) is 13.2. The normalized spacial score (nSPS) is 9.76. The number of benzene rings is 1. The Morgan fingerprint density at radius 2 is 2.18 bits per heavy atom. The number of carbonyl (C=O) groups excluding carboxylic acids is 1. The van der Waals surface area contributed by atoms with Crippen LogP contribution in [0.1, 0.15) is 5.56 Å². The third-order valence-electron chi connectivity index (χ3n) is 2.21. The van der Waals surface area contributed by atoms with Crippen molar-refractivity contribution in [2.24, 2.45) is 0 Å². The molecule has 1 amide bonds. The van der Waals surface area contributed by atoms with E-state index in [2.05, 4.69) is 6.58 Å². The number of ether oxygens (including phenoxy) is 1. The zero-order valence-corrected chi connectivity index (χ0v) is 9.80. The van der Waals surface area contributed by atoms with Gasteiger partial charge in [0.15, 0.2) is 5.69 Å². The molecule has 0 atom stereocenters. The van der Waals surface area contributed by atoms with Crippen LogP contribution in [0.5, 0.6) is 0 Å². The summed E-state index contributed by atoms with van der Waals surface area (Å²) >= 11 is 0. The molecule has 5 nitrogen and oxygen atoms in total. The van der Waals surface area contributed by atoms with Crippen molar-refractivity contribution < 1.29 is 20.2 Å². The number of nitrogens with two attached hydrogens (primary N) is 1. The van der Waals surface area contributed by atoms with Crippen LogP contribution in [0.15, 0.2) is 36.9 Å². The van der Waals surface area contributed by atoms with Gasteiger partial charge in [0, 0.05) is 25.7 Å². The van der Waals surface area contributed by atoms with Crippen LogP contribution in [-0.2, 0) is 11.3 Å². The van der Waals surface area contributed by atoms with E-state index in [-0.39, 0.29) is 12.7 Å². The number of hydrogen-bond donors (Lipinski definition) is 2. The van der Waals surface area contributed by atoms with Crippen LogP contribution >= 0.6 is 0 Å². The van der Waals surface area contributed by atoms with Gasteiger partial charge in [-0.3, -0.25) is 0 Å². The molecule has 0 heterocycles. The fraction of sp³-hybridized carbons (Fsp3) is 0.250. The van der Waals surface area contributed by atoms with Gasteiger partial charge in [-0.25, -0.2) is 10.0 Å². The van der Waals surface area contributed by atoms with Crippen molar-refractivity contribution in [2.75, 3.05) is 13.6 Å². The molecule has 0 spiro atoms. The van der Waals surface area contributed by atoms with E-state index in [0.29, 0.717) is 12.2 Å². The summed E-state index contributed by atoms with van der Waals surface area (Å²) < 4.78 is 5.08. The Kier molecular flexibility index (Phi) is 5.19. The van der Waals surface area contributed by atoms with Gasteiger partial charge in [0.2, 0.25) is 0 Å². The van der Waals surface area contributed by atoms with Gasteiger partial charge in [0.25, 0.3) is 0 Å². The summed E-state index contributed by atoms with van der Waals surface area (Å²) in [5.41, 5.74) is 2.60. The van der Waals surface area contributed by atoms with Gasteiger partial charge in [-0.15, -0.1) is 6.58 Å². The molecule has 0 saturated heterocycles. The van der Waals surface area contributed by atoms with Crippen molar-refractivity contribution in [3.8, 4) is 0 Å². The minimum atomic E-state index is -0.386. The molecule has 0 bridgehead atoms. The Balaban J connectivity index is 2.44. The number of hydrogen-bond acceptors (Lipinski definition) is 3. The van der Waals surface area contributed by atoms with Gasteiger partial charge in [0.1, 0.15) is 6.61 Å². The highest BCUT2D eigenvalue weighted by Gasteiger charge is 2.08. The second-order valence-electron chi connectivity index (χ2n) is 3.59. The summed E-state index contributed by atoms with van der Waals surface area (Å²) in [6.07, 6.45) is 1.25. The van der Waals surface area contributed by atoms with Crippen molar-refractivity contribution in [3.63, 3.8) is 0 Å². The number of nitrogens with zero attached hydrogens (tertiary/aromatic N) is 1. The van der Waals surface area contributed by atoms with Gasteiger partial charge < -0.3 is 9.64 Å². The molecule has 5 heteroatoms. The summed E-state index contributed by atoms with van der Waals surface area (Å²) in [4.78, 5) is 12.9. The predicted octanol–water partition coefficient (Wildman–Crippen LogP) is 1.03. The Labute approximate surface area is 100 Å². The van der Waals surface area contributed by atoms with Crippen LogP contribution in [0.3, 0.4) is 0 Å². The molecule has 1 aromatic carbocycles. The molecule has 3 N–H and O–H groups in total. The summed E-state index contributed by atoms with van der Waals surface area (Å²) in [7, 11) is 1.65. The van der Waals surface area contributed by atoms with Crippen LogP contribution in [-0.4, -0.2) is 29.8 Å². The lowest BCUT2D eigenvalue weighted by atomic mass is 10.2. The smallest absolute Gasteiger partial charge is 0.410 e.